The van der Waals surface area contributed by atoms with Crippen LogP contribution < -0.4 is 10.6 Å². The zero-order valence-corrected chi connectivity index (χ0v) is 20.1. The van der Waals surface area contributed by atoms with Gasteiger partial charge in [0.15, 0.2) is 6.61 Å². The molecule has 1 saturated heterocycles. The fourth-order valence-corrected chi connectivity index (χ4v) is 3.33. The number of piperazine rings is 1. The summed E-state index contributed by atoms with van der Waals surface area (Å²) in [4.78, 5) is 52.4. The second-order valence-corrected chi connectivity index (χ2v) is 8.95. The van der Waals surface area contributed by atoms with Crippen LogP contribution in [0.2, 0.25) is 0 Å². The molecular weight excluding hydrogens is 452 g/mol. The first-order chi connectivity index (χ1) is 16.6. The van der Waals surface area contributed by atoms with Gasteiger partial charge in [-0.25, -0.2) is 14.4 Å². The molecule has 2 aromatic rings. The van der Waals surface area contributed by atoms with Crippen LogP contribution in [0.15, 0.2) is 54.6 Å². The van der Waals surface area contributed by atoms with Gasteiger partial charge in [0.25, 0.3) is 5.91 Å². The summed E-state index contributed by atoms with van der Waals surface area (Å²) in [6.45, 7) is 6.25. The average molecular weight is 483 g/mol. The first-order valence-corrected chi connectivity index (χ1v) is 11.3. The summed E-state index contributed by atoms with van der Waals surface area (Å²) >= 11 is 0. The highest BCUT2D eigenvalue weighted by Gasteiger charge is 2.25. The summed E-state index contributed by atoms with van der Waals surface area (Å²) in [5.74, 6) is -1.03. The van der Waals surface area contributed by atoms with Gasteiger partial charge in [-0.1, -0.05) is 24.3 Å². The summed E-state index contributed by atoms with van der Waals surface area (Å²) in [6.07, 6.45) is -0.644. The number of benzene rings is 2. The molecule has 35 heavy (non-hydrogen) atoms. The van der Waals surface area contributed by atoms with Gasteiger partial charge in [-0.05, 0) is 51.1 Å². The van der Waals surface area contributed by atoms with Crippen molar-refractivity contribution in [1.29, 1.82) is 0 Å². The largest absolute Gasteiger partial charge is 0.452 e. The van der Waals surface area contributed by atoms with Crippen LogP contribution in [0.5, 0.6) is 0 Å². The normalized spacial score (nSPS) is 13.6. The summed E-state index contributed by atoms with van der Waals surface area (Å²) in [5.41, 5.74) is 0.602. The van der Waals surface area contributed by atoms with Crippen LogP contribution in [0.1, 0.15) is 31.1 Å². The molecule has 2 aromatic carbocycles. The lowest BCUT2D eigenvalue weighted by molar-refractivity contribution is -0.135. The van der Waals surface area contributed by atoms with Crippen LogP contribution in [0, 0.1) is 0 Å². The van der Waals surface area contributed by atoms with E-state index in [0.29, 0.717) is 37.6 Å². The van der Waals surface area contributed by atoms with Crippen LogP contribution >= 0.6 is 0 Å². The van der Waals surface area contributed by atoms with Crippen LogP contribution in [-0.4, -0.2) is 72.2 Å². The molecule has 10 heteroatoms. The van der Waals surface area contributed by atoms with Crippen molar-refractivity contribution >= 4 is 35.4 Å². The molecule has 0 aromatic heterocycles. The van der Waals surface area contributed by atoms with E-state index in [1.54, 1.807) is 54.8 Å². The maximum atomic E-state index is 12.5. The number of ether oxygens (including phenoxy) is 2. The SMILES string of the molecule is CC(C)(C)OC(=O)Nc1cccc(C(=O)OCC(=O)N2CCN(C(=O)Nc3ccccc3)CC2)c1. The molecule has 3 rings (SSSR count). The molecule has 0 saturated carbocycles. The summed E-state index contributed by atoms with van der Waals surface area (Å²) < 4.78 is 10.4. The maximum absolute atomic E-state index is 12.5. The molecule has 186 valence electrons. The van der Waals surface area contributed by atoms with E-state index in [9.17, 15) is 19.2 Å². The summed E-state index contributed by atoms with van der Waals surface area (Å²) in [5, 5.41) is 5.38. The molecule has 0 radical (unpaired) electrons. The highest BCUT2D eigenvalue weighted by molar-refractivity contribution is 5.94. The van der Waals surface area contributed by atoms with Crippen LogP contribution in [0.25, 0.3) is 0 Å². The third-order valence-electron chi connectivity index (χ3n) is 5.01. The number of para-hydroxylation sites is 1. The molecular formula is C25H30N4O6. The minimum Gasteiger partial charge on any atom is -0.452 e. The van der Waals surface area contributed by atoms with Crippen molar-refractivity contribution in [1.82, 2.24) is 9.80 Å². The molecule has 1 aliphatic rings. The third-order valence-corrected chi connectivity index (χ3v) is 5.01. The molecule has 0 atom stereocenters. The van der Waals surface area contributed by atoms with Gasteiger partial charge < -0.3 is 24.6 Å². The van der Waals surface area contributed by atoms with Gasteiger partial charge in [0.1, 0.15) is 5.60 Å². The zero-order chi connectivity index (χ0) is 25.4. The third kappa shape index (κ3) is 8.02. The van der Waals surface area contributed by atoms with Gasteiger partial charge >= 0.3 is 18.1 Å². The number of rotatable bonds is 5. The van der Waals surface area contributed by atoms with Gasteiger partial charge in [0.05, 0.1) is 5.56 Å². The minimum atomic E-state index is -0.688. The first-order valence-electron chi connectivity index (χ1n) is 11.3. The van der Waals surface area contributed by atoms with E-state index >= 15 is 0 Å². The molecule has 0 spiro atoms. The van der Waals surface area contributed by atoms with E-state index < -0.39 is 24.3 Å². The lowest BCUT2D eigenvalue weighted by atomic mass is 10.2. The lowest BCUT2D eigenvalue weighted by Gasteiger charge is -2.34. The number of urea groups is 1. The topological polar surface area (TPSA) is 117 Å². The Balaban J connectivity index is 1.44. The number of nitrogens with one attached hydrogen (secondary N) is 2. The number of hydrogen-bond donors (Lipinski definition) is 2. The zero-order valence-electron chi connectivity index (χ0n) is 20.1. The van der Waals surface area contributed by atoms with Crippen molar-refractivity contribution in [2.45, 2.75) is 26.4 Å². The molecule has 2 N–H and O–H groups in total. The number of carbonyl (C=O) groups excluding carboxylic acids is 4. The Labute approximate surface area is 204 Å². The number of amides is 4. The van der Waals surface area contributed by atoms with Gasteiger partial charge in [0, 0.05) is 37.6 Å². The monoisotopic (exact) mass is 482 g/mol. The van der Waals surface area contributed by atoms with Crippen LogP contribution in [-0.2, 0) is 14.3 Å². The first kappa shape index (κ1) is 25.5. The number of nitrogens with zero attached hydrogens (tertiary/aromatic N) is 2. The Hall–Kier alpha value is -4.08. The molecule has 4 amide bonds. The second-order valence-electron chi connectivity index (χ2n) is 8.95. The Kier molecular flexibility index (Phi) is 8.30. The van der Waals surface area contributed by atoms with E-state index in [-0.39, 0.29) is 17.5 Å². The summed E-state index contributed by atoms with van der Waals surface area (Å²) in [7, 11) is 0. The van der Waals surface area contributed by atoms with E-state index in [0.717, 1.165) is 0 Å². The van der Waals surface area contributed by atoms with Crippen molar-refractivity contribution in [3.8, 4) is 0 Å². The van der Waals surface area contributed by atoms with Crippen molar-refractivity contribution < 1.29 is 28.7 Å². The summed E-state index contributed by atoms with van der Waals surface area (Å²) in [6, 6.07) is 15.1. The van der Waals surface area contributed by atoms with Crippen molar-refractivity contribution in [3.63, 3.8) is 0 Å². The quantitative estimate of drug-likeness (QED) is 0.630. The standard InChI is InChI=1S/C25H30N4O6/c1-25(2,3)35-24(33)27-20-11-7-8-18(16-20)22(31)34-17-21(30)28-12-14-29(15-13-28)23(32)26-19-9-5-4-6-10-19/h4-11,16H,12-15,17H2,1-3H3,(H,26,32)(H,27,33). The lowest BCUT2D eigenvalue weighted by Crippen LogP contribution is -2.52. The predicted octanol–water partition coefficient (Wildman–Crippen LogP) is 3.57. The highest BCUT2D eigenvalue weighted by atomic mass is 16.6. The Morgan fingerprint density at radius 2 is 1.46 bits per heavy atom. The highest BCUT2D eigenvalue weighted by Crippen LogP contribution is 2.15. The van der Waals surface area contributed by atoms with E-state index in [1.807, 2.05) is 18.2 Å². The Morgan fingerprint density at radius 1 is 0.829 bits per heavy atom. The fourth-order valence-electron chi connectivity index (χ4n) is 3.33. The number of anilines is 2. The van der Waals surface area contributed by atoms with Gasteiger partial charge in [-0.2, -0.15) is 0 Å². The van der Waals surface area contributed by atoms with Gasteiger partial charge in [0.2, 0.25) is 0 Å². The maximum Gasteiger partial charge on any atom is 0.412 e. The van der Waals surface area contributed by atoms with Gasteiger partial charge in [-0.3, -0.25) is 10.1 Å². The van der Waals surface area contributed by atoms with Crippen molar-refractivity contribution in [3.05, 3.63) is 60.2 Å². The molecule has 0 aliphatic carbocycles. The van der Waals surface area contributed by atoms with Crippen LogP contribution in [0.4, 0.5) is 21.0 Å². The molecule has 1 fully saturated rings. The number of hydrogen-bond acceptors (Lipinski definition) is 6. The molecule has 1 aliphatic heterocycles. The number of esters is 1. The Bertz CT molecular complexity index is 1060. The van der Waals surface area contributed by atoms with Gasteiger partial charge in [-0.15, -0.1) is 0 Å². The Morgan fingerprint density at radius 3 is 2.11 bits per heavy atom. The second kappa shape index (κ2) is 11.4. The van der Waals surface area contributed by atoms with Crippen molar-refractivity contribution in [2.24, 2.45) is 0 Å². The van der Waals surface area contributed by atoms with E-state index in [2.05, 4.69) is 10.6 Å². The molecule has 1 heterocycles. The smallest absolute Gasteiger partial charge is 0.412 e. The number of carbonyl (C=O) groups is 4. The molecule has 0 bridgehead atoms. The molecule has 10 nitrogen and oxygen atoms in total. The minimum absolute atomic E-state index is 0.189. The van der Waals surface area contributed by atoms with Crippen LogP contribution in [0.3, 0.4) is 0 Å². The fraction of sp³-hybridized carbons (Fsp3) is 0.360. The predicted molar refractivity (Wildman–Crippen MR) is 130 cm³/mol. The van der Waals surface area contributed by atoms with E-state index in [1.165, 1.54) is 12.1 Å². The average Bonchev–Trinajstić information content (AvgIpc) is 2.82. The molecule has 0 unspecified atom stereocenters. The van der Waals surface area contributed by atoms with E-state index in [4.69, 9.17) is 9.47 Å². The van der Waals surface area contributed by atoms with Crippen molar-refractivity contribution in [2.75, 3.05) is 43.4 Å².